The monoisotopic (exact) mass is 478 g/mol. The Hall–Kier alpha value is -3.12. The van der Waals surface area contributed by atoms with Crippen LogP contribution in [0.3, 0.4) is 0 Å². The molecular weight excluding hydrogens is 452 g/mol. The van der Waals surface area contributed by atoms with E-state index in [0.717, 1.165) is 16.7 Å². The van der Waals surface area contributed by atoms with E-state index in [1.807, 2.05) is 69.1 Å². The molecule has 0 N–H and O–H groups in total. The molecule has 7 heteroatoms. The summed E-state index contributed by atoms with van der Waals surface area (Å²) < 4.78 is 5.48. The van der Waals surface area contributed by atoms with Crippen LogP contribution in [-0.4, -0.2) is 35.6 Å². The lowest BCUT2D eigenvalue weighted by Gasteiger charge is -2.37. The maximum atomic E-state index is 14.0. The number of nitrogens with zero attached hydrogens (tertiary/aromatic N) is 2. The molecule has 0 bridgehead atoms. The fourth-order valence-electron chi connectivity index (χ4n) is 5.52. The van der Waals surface area contributed by atoms with Crippen LogP contribution in [0.15, 0.2) is 42.6 Å². The third-order valence-corrected chi connectivity index (χ3v) is 7.58. The van der Waals surface area contributed by atoms with Gasteiger partial charge in [0.05, 0.1) is 30.7 Å². The van der Waals surface area contributed by atoms with Gasteiger partial charge in [-0.1, -0.05) is 56.6 Å². The molecule has 3 heterocycles. The minimum Gasteiger partial charge on any atom is -0.495 e. The fraction of sp³-hybridized carbons (Fsp3) is 0.370. The Morgan fingerprint density at radius 2 is 1.74 bits per heavy atom. The van der Waals surface area contributed by atoms with Crippen molar-refractivity contribution in [2.75, 3.05) is 12.0 Å². The summed E-state index contributed by atoms with van der Waals surface area (Å²) in [6.07, 6.45) is 3.83. The summed E-state index contributed by atoms with van der Waals surface area (Å²) in [5, 5.41) is 0.484. The highest BCUT2D eigenvalue weighted by Crippen LogP contribution is 2.55. The predicted octanol–water partition coefficient (Wildman–Crippen LogP) is 4.79. The molecule has 3 aliphatic rings. The number of hydrogen-bond acceptors (Lipinski definition) is 5. The van der Waals surface area contributed by atoms with Gasteiger partial charge in [-0.15, -0.1) is 0 Å². The van der Waals surface area contributed by atoms with Crippen molar-refractivity contribution in [2.45, 2.75) is 39.8 Å². The van der Waals surface area contributed by atoms with Crippen LogP contribution < -0.4 is 9.64 Å². The van der Waals surface area contributed by atoms with Crippen molar-refractivity contribution in [1.29, 1.82) is 0 Å². The lowest BCUT2D eigenvalue weighted by Crippen LogP contribution is -2.47. The molecule has 2 aromatic carbocycles. The number of Topliss-reactive ketones (excluding diaryl/α,β-unsaturated/α-hetero) is 1. The molecule has 0 saturated carbocycles. The first kappa shape index (κ1) is 22.7. The number of hydrogen-bond donors (Lipinski definition) is 0. The predicted molar refractivity (Wildman–Crippen MR) is 131 cm³/mol. The van der Waals surface area contributed by atoms with Gasteiger partial charge < -0.3 is 9.64 Å². The van der Waals surface area contributed by atoms with Crippen LogP contribution in [0.5, 0.6) is 5.75 Å². The zero-order chi connectivity index (χ0) is 24.5. The SMILES string of the molecule is COc1cc(Cl)c(C)cc1N1C(=O)[C@@H]2[C@H](C1=O)[C@@H]1c3ccccc3C=CN1[C@@H]2C(=O)C(C)(C)C. The first-order chi connectivity index (χ1) is 16.1. The van der Waals surface area contributed by atoms with E-state index >= 15 is 0 Å². The smallest absolute Gasteiger partial charge is 0.240 e. The first-order valence-electron chi connectivity index (χ1n) is 11.4. The summed E-state index contributed by atoms with van der Waals surface area (Å²) in [4.78, 5) is 44.8. The molecule has 5 rings (SSSR count). The number of aryl methyl sites for hydroxylation is 1. The second kappa shape index (κ2) is 7.70. The van der Waals surface area contributed by atoms with Crippen LogP contribution in [0.25, 0.3) is 6.08 Å². The normalized spacial score (nSPS) is 25.4. The molecule has 6 nitrogen and oxygen atoms in total. The van der Waals surface area contributed by atoms with Crippen molar-refractivity contribution in [3.8, 4) is 5.75 Å². The van der Waals surface area contributed by atoms with Crippen LogP contribution in [0.2, 0.25) is 5.02 Å². The second-order valence-electron chi connectivity index (χ2n) is 10.2. The number of rotatable bonds is 3. The van der Waals surface area contributed by atoms with Crippen molar-refractivity contribution in [2.24, 2.45) is 17.3 Å². The zero-order valence-corrected chi connectivity index (χ0v) is 20.6. The van der Waals surface area contributed by atoms with E-state index in [9.17, 15) is 14.4 Å². The van der Waals surface area contributed by atoms with Crippen LogP contribution in [0.4, 0.5) is 5.69 Å². The van der Waals surface area contributed by atoms with Crippen LogP contribution in [0.1, 0.15) is 43.5 Å². The number of imide groups is 1. The van der Waals surface area contributed by atoms with E-state index in [1.54, 1.807) is 12.1 Å². The van der Waals surface area contributed by atoms with Gasteiger partial charge in [0.15, 0.2) is 5.78 Å². The fourth-order valence-corrected chi connectivity index (χ4v) is 5.68. The van der Waals surface area contributed by atoms with Crippen molar-refractivity contribution in [3.05, 3.63) is 64.3 Å². The molecular formula is C27H27ClN2O4. The van der Waals surface area contributed by atoms with E-state index in [4.69, 9.17) is 16.3 Å². The van der Waals surface area contributed by atoms with Gasteiger partial charge in [-0.05, 0) is 35.8 Å². The number of carbonyl (C=O) groups excluding carboxylic acids is 3. The molecule has 2 fully saturated rings. The largest absolute Gasteiger partial charge is 0.495 e. The minimum absolute atomic E-state index is 0.0590. The maximum absolute atomic E-state index is 14.0. The molecule has 0 spiro atoms. The number of methoxy groups -OCH3 is 1. The highest BCUT2D eigenvalue weighted by atomic mass is 35.5. The number of ether oxygens (including phenoxy) is 1. The third-order valence-electron chi connectivity index (χ3n) is 7.17. The van der Waals surface area contributed by atoms with Gasteiger partial charge in [-0.2, -0.15) is 0 Å². The van der Waals surface area contributed by atoms with E-state index in [0.29, 0.717) is 16.5 Å². The molecule has 4 atom stereocenters. The first-order valence-corrected chi connectivity index (χ1v) is 11.7. The van der Waals surface area contributed by atoms with Crippen LogP contribution in [0, 0.1) is 24.2 Å². The Morgan fingerprint density at radius 3 is 2.41 bits per heavy atom. The van der Waals surface area contributed by atoms with E-state index in [-0.39, 0.29) is 17.6 Å². The quantitative estimate of drug-likeness (QED) is 0.593. The molecule has 2 saturated heterocycles. The maximum Gasteiger partial charge on any atom is 0.240 e. The lowest BCUT2D eigenvalue weighted by molar-refractivity contribution is -0.135. The molecule has 176 valence electrons. The van der Waals surface area contributed by atoms with Gasteiger partial charge in [-0.3, -0.25) is 14.4 Å². The van der Waals surface area contributed by atoms with E-state index < -0.39 is 29.3 Å². The van der Waals surface area contributed by atoms with Gasteiger partial charge in [-0.25, -0.2) is 4.90 Å². The summed E-state index contributed by atoms with van der Waals surface area (Å²) in [5.74, 6) is -1.89. The Balaban J connectivity index is 1.69. The highest BCUT2D eigenvalue weighted by Gasteiger charge is 2.65. The number of carbonyl (C=O) groups is 3. The second-order valence-corrected chi connectivity index (χ2v) is 10.6. The summed E-state index contributed by atoms with van der Waals surface area (Å²) in [6.45, 7) is 7.37. The summed E-state index contributed by atoms with van der Waals surface area (Å²) in [6, 6.07) is 10.0. The Morgan fingerprint density at radius 1 is 1.06 bits per heavy atom. The van der Waals surface area contributed by atoms with E-state index in [1.165, 1.54) is 12.0 Å². The molecule has 2 amide bonds. The topological polar surface area (TPSA) is 66.9 Å². The highest BCUT2D eigenvalue weighted by molar-refractivity contribution is 6.32. The van der Waals surface area contributed by atoms with Gasteiger partial charge in [0.25, 0.3) is 0 Å². The molecule has 0 aromatic heterocycles. The van der Waals surface area contributed by atoms with E-state index in [2.05, 4.69) is 0 Å². The molecule has 0 radical (unpaired) electrons. The number of fused-ring (bicyclic) bond motifs is 5. The van der Waals surface area contributed by atoms with Gasteiger partial charge in [0.1, 0.15) is 11.8 Å². The van der Waals surface area contributed by atoms with Gasteiger partial charge in [0, 0.05) is 22.7 Å². The summed E-state index contributed by atoms with van der Waals surface area (Å²) in [7, 11) is 1.48. The van der Waals surface area contributed by atoms with Gasteiger partial charge in [0.2, 0.25) is 11.8 Å². The van der Waals surface area contributed by atoms with Crippen LogP contribution >= 0.6 is 11.6 Å². The zero-order valence-electron chi connectivity index (χ0n) is 19.8. The number of ketones is 1. The summed E-state index contributed by atoms with van der Waals surface area (Å²) >= 11 is 6.27. The number of halogens is 1. The lowest BCUT2D eigenvalue weighted by atomic mass is 9.79. The number of benzene rings is 2. The van der Waals surface area contributed by atoms with Crippen molar-refractivity contribution < 1.29 is 19.1 Å². The van der Waals surface area contributed by atoms with Crippen molar-refractivity contribution in [1.82, 2.24) is 4.90 Å². The molecule has 0 unspecified atom stereocenters. The van der Waals surface area contributed by atoms with Crippen LogP contribution in [-0.2, 0) is 14.4 Å². The Bertz CT molecular complexity index is 1260. The Labute approximate surface area is 204 Å². The van der Waals surface area contributed by atoms with Crippen molar-refractivity contribution in [3.63, 3.8) is 0 Å². The standard InChI is InChI=1S/C27H27ClN2O4/c1-14-12-18(19(34-5)13-17(14)28)30-25(32)20-21(26(30)33)23(24(31)27(2,3)4)29-11-10-15-8-6-7-9-16(15)22(20)29/h6-13,20-23H,1-5H3/t20-,21+,22-,23-/m0/s1. The molecule has 0 aliphatic carbocycles. The Kier molecular flexibility index (Phi) is 5.13. The number of amides is 2. The number of anilines is 1. The average Bonchev–Trinajstić information content (AvgIpc) is 3.27. The summed E-state index contributed by atoms with van der Waals surface area (Å²) in [5.41, 5.74) is 2.35. The third kappa shape index (κ3) is 3.12. The molecule has 2 aromatic rings. The van der Waals surface area contributed by atoms with Gasteiger partial charge >= 0.3 is 0 Å². The van der Waals surface area contributed by atoms with Crippen molar-refractivity contribution >= 4 is 41.0 Å². The minimum atomic E-state index is -0.791. The molecule has 34 heavy (non-hydrogen) atoms. The average molecular weight is 479 g/mol. The molecule has 3 aliphatic heterocycles.